The zero-order chi connectivity index (χ0) is 11.3. The molecule has 86 valence electrons. The number of nitrogens with one attached hydrogen (secondary N) is 1. The van der Waals surface area contributed by atoms with E-state index in [9.17, 15) is 9.59 Å². The first-order chi connectivity index (χ1) is 7.19. The minimum absolute atomic E-state index is 0.251. The summed E-state index contributed by atoms with van der Waals surface area (Å²) in [4.78, 5) is 21.8. The molecule has 1 rings (SSSR count). The smallest absolute Gasteiger partial charge is 0.213 e. The molecule has 3 nitrogen and oxygen atoms in total. The molecule has 3 atom stereocenters. The number of unbranched alkanes of at least 4 members (excludes halogenated alkanes) is 2. The number of hydrogen-bond donors (Lipinski definition) is 1. The molecule has 1 N–H and O–H groups in total. The number of ketones is 1. The topological polar surface area (TPSA) is 46.2 Å². The van der Waals surface area contributed by atoms with Gasteiger partial charge in [-0.1, -0.05) is 26.2 Å². The Morgan fingerprint density at radius 3 is 2.80 bits per heavy atom. The number of thioether (sulfide) groups is 1. The van der Waals surface area contributed by atoms with Crippen molar-refractivity contribution >= 4 is 23.8 Å². The molecule has 0 amide bonds. The fraction of sp³-hybridized carbons (Fsp3) is 0.818. The van der Waals surface area contributed by atoms with Gasteiger partial charge in [-0.15, -0.1) is 11.8 Å². The average Bonchev–Trinajstić information content (AvgIpc) is 2.59. The normalized spacial score (nSPS) is 30.4. The van der Waals surface area contributed by atoms with E-state index >= 15 is 0 Å². The van der Waals surface area contributed by atoms with Crippen LogP contribution in [0.4, 0.5) is 0 Å². The molecule has 1 saturated heterocycles. The highest BCUT2D eigenvalue weighted by Gasteiger charge is 2.35. The third kappa shape index (κ3) is 3.61. The van der Waals surface area contributed by atoms with Crippen LogP contribution < -0.4 is 5.32 Å². The first-order valence-electron chi connectivity index (χ1n) is 5.59. The molecule has 3 unspecified atom stereocenters. The van der Waals surface area contributed by atoms with Crippen LogP contribution in [-0.2, 0) is 9.59 Å². The maximum atomic E-state index is 11.4. The zero-order valence-electron chi connectivity index (χ0n) is 9.36. The second kappa shape index (κ2) is 6.28. The summed E-state index contributed by atoms with van der Waals surface area (Å²) in [5, 5.41) is 3.73. The molecule has 0 radical (unpaired) electrons. The predicted molar refractivity (Wildman–Crippen MR) is 63.0 cm³/mol. The molecule has 0 spiro atoms. The van der Waals surface area contributed by atoms with Gasteiger partial charge in [-0.3, -0.25) is 14.9 Å². The second-order valence-electron chi connectivity index (χ2n) is 3.98. The highest BCUT2D eigenvalue weighted by atomic mass is 32.2. The second-order valence-corrected chi connectivity index (χ2v) is 5.56. The molecule has 0 bridgehead atoms. The van der Waals surface area contributed by atoms with Crippen molar-refractivity contribution in [1.29, 1.82) is 0 Å². The van der Waals surface area contributed by atoms with Gasteiger partial charge in [0.25, 0.3) is 0 Å². The number of carbonyl (C=O) groups excluding carboxylic acids is 2. The van der Waals surface area contributed by atoms with E-state index in [1.54, 1.807) is 11.8 Å². The van der Waals surface area contributed by atoms with Crippen LogP contribution in [0.25, 0.3) is 0 Å². The Kier molecular flexibility index (Phi) is 5.32. The Hall–Kier alpha value is -0.350. The van der Waals surface area contributed by atoms with E-state index in [-0.39, 0.29) is 22.4 Å². The molecule has 4 heteroatoms. The summed E-state index contributed by atoms with van der Waals surface area (Å²) < 4.78 is 0. The largest absolute Gasteiger partial charge is 0.295 e. The predicted octanol–water partition coefficient (Wildman–Crippen LogP) is 1.75. The van der Waals surface area contributed by atoms with Gasteiger partial charge in [-0.25, -0.2) is 0 Å². The lowest BCUT2D eigenvalue weighted by molar-refractivity contribution is -0.131. The van der Waals surface area contributed by atoms with E-state index in [1.807, 2.05) is 6.92 Å². The van der Waals surface area contributed by atoms with Gasteiger partial charge < -0.3 is 0 Å². The molecular weight excluding hydrogens is 210 g/mol. The van der Waals surface area contributed by atoms with E-state index in [2.05, 4.69) is 12.2 Å². The summed E-state index contributed by atoms with van der Waals surface area (Å²) in [6.45, 7) is 4.20. The first kappa shape index (κ1) is 12.7. The molecule has 15 heavy (non-hydrogen) atoms. The quantitative estimate of drug-likeness (QED) is 0.428. The van der Waals surface area contributed by atoms with Crippen molar-refractivity contribution in [1.82, 2.24) is 5.32 Å². The number of hydrogen-bond acceptors (Lipinski definition) is 4. The summed E-state index contributed by atoms with van der Waals surface area (Å²) in [5.41, 5.74) is 0. The van der Waals surface area contributed by atoms with E-state index in [0.29, 0.717) is 6.29 Å². The zero-order valence-corrected chi connectivity index (χ0v) is 10.2. The van der Waals surface area contributed by atoms with E-state index < -0.39 is 0 Å². The van der Waals surface area contributed by atoms with Crippen LogP contribution in [0, 0.1) is 0 Å². The van der Waals surface area contributed by atoms with Crippen LogP contribution in [0.2, 0.25) is 0 Å². The first-order valence-corrected chi connectivity index (χ1v) is 6.53. The van der Waals surface area contributed by atoms with Gasteiger partial charge in [-0.2, -0.15) is 0 Å². The van der Waals surface area contributed by atoms with E-state index in [1.165, 1.54) is 12.8 Å². The summed E-state index contributed by atoms with van der Waals surface area (Å²) in [6, 6.07) is -0.251. The number of Topliss-reactive ketones (excluding diaryl/α,β-unsaturated/α-hetero) is 1. The molecule has 1 fully saturated rings. The summed E-state index contributed by atoms with van der Waals surface area (Å²) >= 11 is 1.78. The van der Waals surface area contributed by atoms with Crippen molar-refractivity contribution in [2.75, 3.05) is 0 Å². The monoisotopic (exact) mass is 229 g/mol. The lowest BCUT2D eigenvalue weighted by atomic mass is 10.0. The molecule has 0 aromatic heterocycles. The molecular formula is C11H19NO2S. The summed E-state index contributed by atoms with van der Waals surface area (Å²) in [7, 11) is 0. The van der Waals surface area contributed by atoms with Crippen LogP contribution >= 0.6 is 11.8 Å². The Bertz CT molecular complexity index is 233. The molecule has 0 aliphatic carbocycles. The molecule has 1 aliphatic rings. The Morgan fingerprint density at radius 2 is 2.20 bits per heavy atom. The number of rotatable bonds is 6. The minimum atomic E-state index is -0.298. The standard InChI is InChI=1S/C11H19NO2S/c1-3-4-5-6-10-11(9(14)7-13)12-8(2)15-10/h7-8,10-12H,3-6H2,1-2H3. The van der Waals surface area contributed by atoms with Gasteiger partial charge in [0.1, 0.15) is 0 Å². The van der Waals surface area contributed by atoms with Gasteiger partial charge >= 0.3 is 0 Å². The molecule has 0 aromatic rings. The van der Waals surface area contributed by atoms with Crippen LogP contribution in [0.5, 0.6) is 0 Å². The lowest BCUT2D eigenvalue weighted by Gasteiger charge is -2.14. The van der Waals surface area contributed by atoms with Crippen molar-refractivity contribution < 1.29 is 9.59 Å². The minimum Gasteiger partial charge on any atom is -0.295 e. The Labute approximate surface area is 95.4 Å². The Balaban J connectivity index is 2.45. The lowest BCUT2D eigenvalue weighted by Crippen LogP contribution is -2.40. The summed E-state index contributed by atoms with van der Waals surface area (Å²) in [6.07, 6.45) is 5.01. The number of carbonyl (C=O) groups is 2. The maximum absolute atomic E-state index is 11.4. The fourth-order valence-electron chi connectivity index (χ4n) is 1.91. The third-order valence-electron chi connectivity index (χ3n) is 2.68. The molecule has 0 saturated carbocycles. The molecule has 1 heterocycles. The Morgan fingerprint density at radius 1 is 1.47 bits per heavy atom. The van der Waals surface area contributed by atoms with E-state index in [0.717, 1.165) is 12.8 Å². The van der Waals surface area contributed by atoms with Gasteiger partial charge in [0.15, 0.2) is 6.29 Å². The van der Waals surface area contributed by atoms with Crippen molar-refractivity contribution in [3.8, 4) is 0 Å². The van der Waals surface area contributed by atoms with Crippen LogP contribution in [0.15, 0.2) is 0 Å². The highest BCUT2D eigenvalue weighted by Crippen LogP contribution is 2.31. The van der Waals surface area contributed by atoms with Gasteiger partial charge in [0, 0.05) is 5.25 Å². The van der Waals surface area contributed by atoms with Crippen molar-refractivity contribution in [2.24, 2.45) is 0 Å². The van der Waals surface area contributed by atoms with Crippen molar-refractivity contribution in [3.63, 3.8) is 0 Å². The molecule has 1 aliphatic heterocycles. The number of aldehydes is 1. The molecule has 0 aromatic carbocycles. The van der Waals surface area contributed by atoms with Crippen LogP contribution in [-0.4, -0.2) is 28.7 Å². The van der Waals surface area contributed by atoms with Crippen molar-refractivity contribution in [3.05, 3.63) is 0 Å². The van der Waals surface area contributed by atoms with Crippen LogP contribution in [0.3, 0.4) is 0 Å². The van der Waals surface area contributed by atoms with E-state index in [4.69, 9.17) is 0 Å². The fourth-order valence-corrected chi connectivity index (χ4v) is 3.33. The SMILES string of the molecule is CCCCCC1SC(C)NC1C(=O)C=O. The van der Waals surface area contributed by atoms with Gasteiger partial charge in [-0.05, 0) is 13.3 Å². The van der Waals surface area contributed by atoms with Crippen LogP contribution in [0.1, 0.15) is 39.5 Å². The summed E-state index contributed by atoms with van der Waals surface area (Å²) in [5.74, 6) is -0.298. The average molecular weight is 229 g/mol. The van der Waals surface area contributed by atoms with Crippen molar-refractivity contribution in [2.45, 2.75) is 56.2 Å². The van der Waals surface area contributed by atoms with Gasteiger partial charge in [0.05, 0.1) is 11.4 Å². The maximum Gasteiger partial charge on any atom is 0.213 e. The third-order valence-corrected chi connectivity index (χ3v) is 4.08. The highest BCUT2D eigenvalue weighted by molar-refractivity contribution is 8.00. The van der Waals surface area contributed by atoms with Gasteiger partial charge in [0.2, 0.25) is 5.78 Å².